The van der Waals surface area contributed by atoms with Crippen LogP contribution < -0.4 is 5.32 Å². The first-order valence-corrected chi connectivity index (χ1v) is 12.7. The number of hydrogen-bond acceptors (Lipinski definition) is 5. The van der Waals surface area contributed by atoms with Crippen molar-refractivity contribution in [2.45, 2.75) is 37.0 Å². The fraction of sp³-hybridized carbons (Fsp3) is 0.478. The SMILES string of the molecule is Cc1ccc(C(=O)NCCCN(C)C)c(C2CCN(S(=O)(=O)c3ccc(Cl)cc3)CC2)n1. The number of sulfonamides is 1. The monoisotopic (exact) mass is 478 g/mol. The first-order chi connectivity index (χ1) is 15.2. The number of pyridine rings is 1. The molecule has 2 aromatic rings. The minimum absolute atomic E-state index is 0.0362. The molecule has 1 amide bonds. The Balaban J connectivity index is 1.69. The predicted molar refractivity (Wildman–Crippen MR) is 127 cm³/mol. The molecule has 0 aliphatic carbocycles. The van der Waals surface area contributed by atoms with Gasteiger partial charge in [-0.25, -0.2) is 8.42 Å². The molecule has 0 spiro atoms. The van der Waals surface area contributed by atoms with Crippen molar-refractivity contribution in [1.82, 2.24) is 19.5 Å². The van der Waals surface area contributed by atoms with Crippen molar-refractivity contribution < 1.29 is 13.2 Å². The summed E-state index contributed by atoms with van der Waals surface area (Å²) in [6.07, 6.45) is 2.10. The van der Waals surface area contributed by atoms with E-state index in [-0.39, 0.29) is 16.7 Å². The maximum absolute atomic E-state index is 13.0. The molecule has 1 aromatic heterocycles. The zero-order valence-electron chi connectivity index (χ0n) is 18.8. The molecule has 32 heavy (non-hydrogen) atoms. The number of benzene rings is 1. The van der Waals surface area contributed by atoms with Crippen LogP contribution in [0, 0.1) is 6.92 Å². The second-order valence-electron chi connectivity index (χ2n) is 8.43. The Kier molecular flexibility index (Phi) is 8.27. The number of amides is 1. The Labute approximate surface area is 195 Å². The fourth-order valence-corrected chi connectivity index (χ4v) is 5.49. The average molecular weight is 479 g/mol. The molecule has 1 N–H and O–H groups in total. The Bertz CT molecular complexity index is 1030. The summed E-state index contributed by atoms with van der Waals surface area (Å²) in [4.78, 5) is 19.8. The molecule has 1 saturated heterocycles. The standard InChI is InChI=1S/C23H31ClN4O3S/c1-17-5-10-21(23(29)25-13-4-14-27(2)3)22(26-17)18-11-15-28(16-12-18)32(30,31)20-8-6-19(24)7-9-20/h5-10,18H,4,11-16H2,1-3H3,(H,25,29). The van der Waals surface area contributed by atoms with Crippen LogP contribution in [0.5, 0.6) is 0 Å². The third kappa shape index (κ3) is 6.07. The van der Waals surface area contributed by atoms with Crippen LogP contribution in [-0.4, -0.2) is 68.8 Å². The molecule has 2 heterocycles. The number of nitrogens with zero attached hydrogens (tertiary/aromatic N) is 3. The van der Waals surface area contributed by atoms with Crippen molar-refractivity contribution in [2.24, 2.45) is 0 Å². The van der Waals surface area contributed by atoms with E-state index in [1.807, 2.05) is 33.2 Å². The minimum atomic E-state index is -3.57. The molecule has 1 aliphatic heterocycles. The van der Waals surface area contributed by atoms with Crippen molar-refractivity contribution in [3.63, 3.8) is 0 Å². The summed E-state index contributed by atoms with van der Waals surface area (Å²) in [5.74, 6) is -0.0865. The molecule has 1 aliphatic rings. The van der Waals surface area contributed by atoms with Crippen LogP contribution in [0.4, 0.5) is 0 Å². The maximum Gasteiger partial charge on any atom is 0.253 e. The van der Waals surface area contributed by atoms with Gasteiger partial charge in [-0.1, -0.05) is 11.6 Å². The van der Waals surface area contributed by atoms with Gasteiger partial charge in [-0.3, -0.25) is 9.78 Å². The Morgan fingerprint density at radius 1 is 1.16 bits per heavy atom. The highest BCUT2D eigenvalue weighted by Gasteiger charge is 2.32. The number of aromatic nitrogens is 1. The maximum atomic E-state index is 13.0. The smallest absolute Gasteiger partial charge is 0.253 e. The van der Waals surface area contributed by atoms with E-state index in [2.05, 4.69) is 15.2 Å². The molecule has 0 bridgehead atoms. The van der Waals surface area contributed by atoms with Gasteiger partial charge >= 0.3 is 0 Å². The molecule has 7 nitrogen and oxygen atoms in total. The normalized spacial score (nSPS) is 15.8. The Morgan fingerprint density at radius 2 is 1.81 bits per heavy atom. The molecule has 9 heteroatoms. The Hall–Kier alpha value is -2.00. The topological polar surface area (TPSA) is 82.6 Å². The van der Waals surface area contributed by atoms with Crippen LogP contribution in [0.1, 0.15) is 46.9 Å². The lowest BCUT2D eigenvalue weighted by Gasteiger charge is -2.31. The molecule has 0 radical (unpaired) electrons. The number of rotatable bonds is 8. The van der Waals surface area contributed by atoms with Gasteiger partial charge in [0.1, 0.15) is 0 Å². The van der Waals surface area contributed by atoms with E-state index in [0.717, 1.165) is 24.4 Å². The second-order valence-corrected chi connectivity index (χ2v) is 10.8. The van der Waals surface area contributed by atoms with Gasteiger partial charge < -0.3 is 10.2 Å². The molecule has 3 rings (SSSR count). The molecule has 0 saturated carbocycles. The number of aryl methyl sites for hydroxylation is 1. The number of halogens is 1. The number of piperidine rings is 1. The lowest BCUT2D eigenvalue weighted by molar-refractivity contribution is 0.0949. The summed E-state index contributed by atoms with van der Waals surface area (Å²) >= 11 is 5.89. The molecular formula is C23H31ClN4O3S. The minimum Gasteiger partial charge on any atom is -0.352 e. The molecule has 174 valence electrons. The molecule has 0 atom stereocenters. The highest BCUT2D eigenvalue weighted by molar-refractivity contribution is 7.89. The molecule has 0 unspecified atom stereocenters. The summed E-state index contributed by atoms with van der Waals surface area (Å²) in [6, 6.07) is 9.91. The van der Waals surface area contributed by atoms with Gasteiger partial charge in [-0.05, 0) is 83.2 Å². The van der Waals surface area contributed by atoms with Gasteiger partial charge in [0.25, 0.3) is 5.91 Å². The van der Waals surface area contributed by atoms with Crippen molar-refractivity contribution in [3.8, 4) is 0 Å². The molecule has 1 aromatic carbocycles. The lowest BCUT2D eigenvalue weighted by Crippen LogP contribution is -2.38. The summed E-state index contributed by atoms with van der Waals surface area (Å²) < 4.78 is 27.4. The summed E-state index contributed by atoms with van der Waals surface area (Å²) in [6.45, 7) is 4.18. The van der Waals surface area contributed by atoms with E-state index in [9.17, 15) is 13.2 Å². The van der Waals surface area contributed by atoms with Gasteiger partial charge in [0, 0.05) is 36.3 Å². The zero-order valence-corrected chi connectivity index (χ0v) is 20.4. The van der Waals surface area contributed by atoms with Crippen molar-refractivity contribution in [3.05, 3.63) is 58.4 Å². The van der Waals surface area contributed by atoms with Gasteiger partial charge in [0.2, 0.25) is 10.0 Å². The second kappa shape index (κ2) is 10.7. The number of carbonyl (C=O) groups is 1. The first kappa shape index (κ1) is 24.6. The third-order valence-corrected chi connectivity index (χ3v) is 7.83. The van der Waals surface area contributed by atoms with Crippen molar-refractivity contribution in [2.75, 3.05) is 40.3 Å². The zero-order chi connectivity index (χ0) is 23.3. The fourth-order valence-electron chi connectivity index (χ4n) is 3.90. The van der Waals surface area contributed by atoms with Crippen LogP contribution in [0.15, 0.2) is 41.3 Å². The highest BCUT2D eigenvalue weighted by Crippen LogP contribution is 2.32. The summed E-state index contributed by atoms with van der Waals surface area (Å²) in [5, 5.41) is 3.49. The van der Waals surface area contributed by atoms with E-state index in [1.165, 1.54) is 16.4 Å². The number of nitrogens with one attached hydrogen (secondary N) is 1. The molecular weight excluding hydrogens is 448 g/mol. The van der Waals surface area contributed by atoms with E-state index in [1.54, 1.807) is 12.1 Å². The van der Waals surface area contributed by atoms with Crippen LogP contribution in [0.25, 0.3) is 0 Å². The van der Waals surface area contributed by atoms with Crippen LogP contribution in [0.3, 0.4) is 0 Å². The van der Waals surface area contributed by atoms with Gasteiger partial charge in [-0.2, -0.15) is 4.31 Å². The lowest BCUT2D eigenvalue weighted by atomic mass is 9.90. The highest BCUT2D eigenvalue weighted by atomic mass is 35.5. The van der Waals surface area contributed by atoms with E-state index in [4.69, 9.17) is 11.6 Å². The van der Waals surface area contributed by atoms with E-state index >= 15 is 0 Å². The average Bonchev–Trinajstić information content (AvgIpc) is 2.77. The third-order valence-electron chi connectivity index (χ3n) is 5.67. The summed E-state index contributed by atoms with van der Waals surface area (Å²) in [7, 11) is 0.437. The van der Waals surface area contributed by atoms with Crippen molar-refractivity contribution in [1.29, 1.82) is 0 Å². The van der Waals surface area contributed by atoms with Crippen LogP contribution in [0.2, 0.25) is 5.02 Å². The Morgan fingerprint density at radius 3 is 2.44 bits per heavy atom. The summed E-state index contributed by atoms with van der Waals surface area (Å²) in [5.41, 5.74) is 2.19. The van der Waals surface area contributed by atoms with E-state index in [0.29, 0.717) is 43.1 Å². The molecule has 1 fully saturated rings. The van der Waals surface area contributed by atoms with Gasteiger partial charge in [-0.15, -0.1) is 0 Å². The van der Waals surface area contributed by atoms with Crippen LogP contribution in [-0.2, 0) is 10.0 Å². The van der Waals surface area contributed by atoms with Gasteiger partial charge in [0.05, 0.1) is 16.2 Å². The van der Waals surface area contributed by atoms with E-state index < -0.39 is 10.0 Å². The van der Waals surface area contributed by atoms with Crippen LogP contribution >= 0.6 is 11.6 Å². The first-order valence-electron chi connectivity index (χ1n) is 10.8. The largest absolute Gasteiger partial charge is 0.352 e. The number of carbonyl (C=O) groups excluding carboxylic acids is 1. The predicted octanol–water partition coefficient (Wildman–Crippen LogP) is 3.29. The van der Waals surface area contributed by atoms with Crippen molar-refractivity contribution >= 4 is 27.5 Å². The number of hydrogen-bond donors (Lipinski definition) is 1. The quantitative estimate of drug-likeness (QED) is 0.588. The van der Waals surface area contributed by atoms with Gasteiger partial charge in [0.15, 0.2) is 0 Å².